The molecule has 0 aromatic rings. The van der Waals surface area contributed by atoms with E-state index in [4.69, 9.17) is 19.7 Å². The highest BCUT2D eigenvalue weighted by atomic mass is 17.2. The SMILES string of the molecule is CC(=O)O.CC(C)(C)OOC1CNC1. The van der Waals surface area contributed by atoms with Crippen molar-refractivity contribution in [1.29, 1.82) is 0 Å². The average molecular weight is 205 g/mol. The third kappa shape index (κ3) is 9.44. The molecule has 2 N–H and O–H groups in total. The number of carbonyl (C=O) groups is 1. The number of rotatable bonds is 2. The molecule has 0 unspecified atom stereocenters. The van der Waals surface area contributed by atoms with E-state index >= 15 is 0 Å². The lowest BCUT2D eigenvalue weighted by Crippen LogP contribution is -2.49. The third-order valence-electron chi connectivity index (χ3n) is 1.18. The molecule has 0 aromatic heterocycles. The van der Waals surface area contributed by atoms with Crippen molar-refractivity contribution in [3.05, 3.63) is 0 Å². The average Bonchev–Trinajstić information content (AvgIpc) is 1.78. The lowest BCUT2D eigenvalue weighted by Gasteiger charge is -2.29. The van der Waals surface area contributed by atoms with Crippen LogP contribution in [0.15, 0.2) is 0 Å². The maximum absolute atomic E-state index is 9.00. The molecule has 0 bridgehead atoms. The Labute approximate surface area is 84.3 Å². The first-order valence-electron chi connectivity index (χ1n) is 4.56. The van der Waals surface area contributed by atoms with Gasteiger partial charge in [0.1, 0.15) is 6.10 Å². The molecule has 1 fully saturated rings. The quantitative estimate of drug-likeness (QED) is 0.515. The first-order chi connectivity index (χ1) is 6.31. The molecule has 5 nitrogen and oxygen atoms in total. The van der Waals surface area contributed by atoms with Crippen LogP contribution < -0.4 is 5.32 Å². The van der Waals surface area contributed by atoms with Crippen LogP contribution in [0.5, 0.6) is 0 Å². The van der Waals surface area contributed by atoms with Gasteiger partial charge in [-0.05, 0) is 20.8 Å². The molecule has 1 aliphatic heterocycles. The summed E-state index contributed by atoms with van der Waals surface area (Å²) >= 11 is 0. The highest BCUT2D eigenvalue weighted by Gasteiger charge is 2.21. The normalized spacial score (nSPS) is 16.6. The van der Waals surface area contributed by atoms with Crippen LogP contribution >= 0.6 is 0 Å². The Morgan fingerprint density at radius 2 is 1.86 bits per heavy atom. The molecule has 0 aromatic carbocycles. The van der Waals surface area contributed by atoms with Crippen molar-refractivity contribution in [2.75, 3.05) is 13.1 Å². The maximum Gasteiger partial charge on any atom is 0.300 e. The van der Waals surface area contributed by atoms with Crippen LogP contribution in [-0.4, -0.2) is 35.9 Å². The fourth-order valence-electron chi connectivity index (χ4n) is 0.543. The maximum atomic E-state index is 9.00. The van der Waals surface area contributed by atoms with Crippen molar-refractivity contribution < 1.29 is 19.7 Å². The van der Waals surface area contributed by atoms with Gasteiger partial charge < -0.3 is 10.4 Å². The number of hydrogen-bond acceptors (Lipinski definition) is 4. The minimum atomic E-state index is -0.833. The van der Waals surface area contributed by atoms with E-state index in [2.05, 4.69) is 5.32 Å². The topological polar surface area (TPSA) is 67.8 Å². The van der Waals surface area contributed by atoms with Gasteiger partial charge >= 0.3 is 0 Å². The second-order valence-corrected chi connectivity index (χ2v) is 4.09. The summed E-state index contributed by atoms with van der Waals surface area (Å²) in [6.45, 7) is 8.82. The zero-order valence-corrected chi connectivity index (χ0v) is 9.16. The Morgan fingerprint density at radius 3 is 2.07 bits per heavy atom. The van der Waals surface area contributed by atoms with Crippen molar-refractivity contribution >= 4 is 5.97 Å². The van der Waals surface area contributed by atoms with Crippen LogP contribution in [0, 0.1) is 0 Å². The zero-order valence-electron chi connectivity index (χ0n) is 9.16. The molecular formula is C9H19NO4. The number of nitrogens with one attached hydrogen (secondary N) is 1. The number of carboxylic acids is 1. The molecule has 0 atom stereocenters. The highest BCUT2D eigenvalue weighted by molar-refractivity contribution is 5.62. The van der Waals surface area contributed by atoms with Crippen molar-refractivity contribution in [2.24, 2.45) is 0 Å². The monoisotopic (exact) mass is 205 g/mol. The largest absolute Gasteiger partial charge is 0.481 e. The minimum Gasteiger partial charge on any atom is -0.481 e. The summed E-state index contributed by atoms with van der Waals surface area (Å²) in [5.74, 6) is -0.833. The summed E-state index contributed by atoms with van der Waals surface area (Å²) in [7, 11) is 0. The number of hydrogen-bond donors (Lipinski definition) is 2. The fraction of sp³-hybridized carbons (Fsp3) is 0.889. The Bertz CT molecular complexity index is 168. The molecule has 0 aliphatic carbocycles. The first-order valence-corrected chi connectivity index (χ1v) is 4.56. The van der Waals surface area contributed by atoms with Crippen molar-refractivity contribution in [1.82, 2.24) is 5.32 Å². The molecule has 0 radical (unpaired) electrons. The van der Waals surface area contributed by atoms with Crippen LogP contribution in [-0.2, 0) is 14.6 Å². The van der Waals surface area contributed by atoms with E-state index in [1.54, 1.807) is 0 Å². The molecule has 14 heavy (non-hydrogen) atoms. The van der Waals surface area contributed by atoms with Gasteiger partial charge in [0.05, 0.1) is 5.60 Å². The van der Waals surface area contributed by atoms with Gasteiger partial charge in [-0.15, -0.1) is 0 Å². The van der Waals surface area contributed by atoms with Gasteiger partial charge in [-0.2, -0.15) is 0 Å². The molecule has 0 amide bonds. The molecule has 1 rings (SSSR count). The zero-order chi connectivity index (χ0) is 11.2. The van der Waals surface area contributed by atoms with Crippen molar-refractivity contribution in [3.8, 4) is 0 Å². The van der Waals surface area contributed by atoms with E-state index in [1.165, 1.54) is 0 Å². The Balaban J connectivity index is 0.000000364. The highest BCUT2D eigenvalue weighted by Crippen LogP contribution is 2.10. The van der Waals surface area contributed by atoms with E-state index in [0.717, 1.165) is 20.0 Å². The molecule has 1 aliphatic rings. The Kier molecular flexibility index (Phi) is 5.68. The standard InChI is InChI=1S/C7H15NO2.C2H4O2/c1-7(2,3)10-9-6-4-8-5-6;1-2(3)4/h6,8H,4-5H2,1-3H3;1H3,(H,3,4). The van der Waals surface area contributed by atoms with Gasteiger partial charge in [0.15, 0.2) is 0 Å². The summed E-state index contributed by atoms with van der Waals surface area (Å²) < 4.78 is 0. The van der Waals surface area contributed by atoms with E-state index in [0.29, 0.717) is 0 Å². The molecule has 84 valence electrons. The van der Waals surface area contributed by atoms with E-state index in [9.17, 15) is 0 Å². The van der Waals surface area contributed by atoms with Crippen molar-refractivity contribution in [2.45, 2.75) is 39.4 Å². The second kappa shape index (κ2) is 5.95. The van der Waals surface area contributed by atoms with Crippen LogP contribution in [0.2, 0.25) is 0 Å². The Hall–Kier alpha value is -0.650. The van der Waals surface area contributed by atoms with E-state index in [1.807, 2.05) is 20.8 Å². The first kappa shape index (κ1) is 13.4. The molecule has 0 spiro atoms. The minimum absolute atomic E-state index is 0.185. The summed E-state index contributed by atoms with van der Waals surface area (Å²) in [6, 6.07) is 0. The number of aliphatic carboxylic acids is 1. The smallest absolute Gasteiger partial charge is 0.300 e. The number of carboxylic acid groups (broad SMARTS) is 1. The van der Waals surface area contributed by atoms with Gasteiger partial charge in [-0.1, -0.05) is 0 Å². The third-order valence-corrected chi connectivity index (χ3v) is 1.18. The molecule has 1 heterocycles. The summed E-state index contributed by atoms with van der Waals surface area (Å²) in [5, 5.41) is 10.5. The lowest BCUT2D eigenvalue weighted by molar-refractivity contribution is -0.378. The lowest BCUT2D eigenvalue weighted by atomic mass is 10.2. The van der Waals surface area contributed by atoms with E-state index in [-0.39, 0.29) is 11.7 Å². The van der Waals surface area contributed by atoms with Crippen molar-refractivity contribution in [3.63, 3.8) is 0 Å². The van der Waals surface area contributed by atoms with Gasteiger partial charge in [0.2, 0.25) is 0 Å². The van der Waals surface area contributed by atoms with Gasteiger partial charge in [0, 0.05) is 20.0 Å². The summed E-state index contributed by atoms with van der Waals surface area (Å²) in [6.07, 6.45) is 0.263. The molecule has 0 saturated carbocycles. The van der Waals surface area contributed by atoms with Crippen LogP contribution in [0.4, 0.5) is 0 Å². The molecule has 1 saturated heterocycles. The van der Waals surface area contributed by atoms with Gasteiger partial charge in [0.25, 0.3) is 5.97 Å². The summed E-state index contributed by atoms with van der Waals surface area (Å²) in [4.78, 5) is 19.2. The van der Waals surface area contributed by atoms with Crippen LogP contribution in [0.25, 0.3) is 0 Å². The summed E-state index contributed by atoms with van der Waals surface area (Å²) in [5.41, 5.74) is -0.185. The van der Waals surface area contributed by atoms with Gasteiger partial charge in [-0.25, -0.2) is 9.78 Å². The van der Waals surface area contributed by atoms with Crippen LogP contribution in [0.3, 0.4) is 0 Å². The fourth-order valence-corrected chi connectivity index (χ4v) is 0.543. The second-order valence-electron chi connectivity index (χ2n) is 4.09. The predicted molar refractivity (Wildman–Crippen MR) is 51.9 cm³/mol. The van der Waals surface area contributed by atoms with Gasteiger partial charge in [-0.3, -0.25) is 4.79 Å². The predicted octanol–water partition coefficient (Wildman–Crippen LogP) is 0.796. The molecular weight excluding hydrogens is 186 g/mol. The Morgan fingerprint density at radius 1 is 1.43 bits per heavy atom. The van der Waals surface area contributed by atoms with E-state index < -0.39 is 5.97 Å². The molecule has 5 heteroatoms. The van der Waals surface area contributed by atoms with Crippen LogP contribution in [0.1, 0.15) is 27.7 Å².